The van der Waals surface area contributed by atoms with Gasteiger partial charge < -0.3 is 15.2 Å². The molecular weight excluding hydrogens is 308 g/mol. The Balaban J connectivity index is 1.93. The molecule has 2 rings (SSSR count). The molecule has 0 bridgehead atoms. The van der Waals surface area contributed by atoms with Gasteiger partial charge in [-0.05, 0) is 46.5 Å². The second-order valence-electron chi connectivity index (χ2n) is 4.89. The zero-order chi connectivity index (χ0) is 15.9. The lowest BCUT2D eigenvalue weighted by molar-refractivity contribution is -0.0498. The Morgan fingerprint density at radius 3 is 2.45 bits per heavy atom. The summed E-state index contributed by atoms with van der Waals surface area (Å²) < 4.78 is 28.6. The third-order valence-corrected chi connectivity index (χ3v) is 4.10. The average molecular weight is 327 g/mol. The molecule has 22 heavy (non-hydrogen) atoms. The largest absolute Gasteiger partial charge is 0.435 e. The molecule has 2 atom stereocenters. The molecule has 3 nitrogen and oxygen atoms in total. The Kier molecular flexibility index (Phi) is 6.30. The monoisotopic (exact) mass is 327 g/mol. The lowest BCUT2D eigenvalue weighted by atomic mass is 10.0. The molecule has 0 saturated heterocycles. The first kappa shape index (κ1) is 16.9. The maximum atomic E-state index is 12.1. The molecule has 2 N–H and O–H groups in total. The number of benzene rings is 1. The van der Waals surface area contributed by atoms with Crippen molar-refractivity contribution in [3.63, 3.8) is 0 Å². The van der Waals surface area contributed by atoms with Crippen molar-refractivity contribution in [1.29, 1.82) is 0 Å². The summed E-state index contributed by atoms with van der Waals surface area (Å²) in [7, 11) is 0. The summed E-state index contributed by atoms with van der Waals surface area (Å²) in [5, 5.41) is 17.2. The van der Waals surface area contributed by atoms with Crippen LogP contribution in [0.15, 0.2) is 41.1 Å². The van der Waals surface area contributed by atoms with Crippen LogP contribution in [0.4, 0.5) is 8.78 Å². The number of ether oxygens (including phenoxy) is 1. The van der Waals surface area contributed by atoms with Crippen LogP contribution in [0, 0.1) is 0 Å². The Labute approximate surface area is 132 Å². The van der Waals surface area contributed by atoms with Crippen molar-refractivity contribution < 1.29 is 18.6 Å². The van der Waals surface area contributed by atoms with E-state index in [2.05, 4.69) is 10.1 Å². The smallest absolute Gasteiger partial charge is 0.387 e. The quantitative estimate of drug-likeness (QED) is 0.766. The predicted molar refractivity (Wildman–Crippen MR) is 83.4 cm³/mol. The van der Waals surface area contributed by atoms with E-state index >= 15 is 0 Å². The van der Waals surface area contributed by atoms with E-state index in [9.17, 15) is 13.9 Å². The van der Waals surface area contributed by atoms with Crippen LogP contribution in [-0.2, 0) is 0 Å². The number of hydrogen-bond donors (Lipinski definition) is 2. The van der Waals surface area contributed by atoms with E-state index in [1.54, 1.807) is 23.5 Å². The van der Waals surface area contributed by atoms with Gasteiger partial charge in [0.15, 0.2) is 0 Å². The first-order chi connectivity index (χ1) is 10.6. The molecule has 0 aliphatic heterocycles. The van der Waals surface area contributed by atoms with Crippen molar-refractivity contribution in [2.24, 2.45) is 0 Å². The van der Waals surface area contributed by atoms with E-state index in [0.717, 1.165) is 17.5 Å². The molecular formula is C16H19F2NO2S. The number of hydrogen-bond acceptors (Lipinski definition) is 4. The van der Waals surface area contributed by atoms with Gasteiger partial charge in [-0.3, -0.25) is 0 Å². The summed E-state index contributed by atoms with van der Waals surface area (Å²) in [5.41, 5.74) is 1.87. The lowest BCUT2D eigenvalue weighted by Crippen LogP contribution is -2.26. The number of halogens is 2. The third kappa shape index (κ3) is 4.76. The molecule has 1 aromatic carbocycles. The molecule has 0 spiro atoms. The summed E-state index contributed by atoms with van der Waals surface area (Å²) in [6.45, 7) is -0.352. The third-order valence-electron chi connectivity index (χ3n) is 3.40. The fourth-order valence-corrected chi connectivity index (χ4v) is 2.92. The Morgan fingerprint density at radius 2 is 1.91 bits per heavy atom. The van der Waals surface area contributed by atoms with Gasteiger partial charge in [-0.2, -0.15) is 20.1 Å². The SMILES string of the molecule is CCC(NCC(O)c1ccsc1)c1ccc(OC(F)F)cc1. The van der Waals surface area contributed by atoms with E-state index in [1.807, 2.05) is 23.8 Å². The number of aliphatic hydroxyl groups is 1. The fraction of sp³-hybridized carbons (Fsp3) is 0.375. The molecule has 0 aliphatic carbocycles. The summed E-state index contributed by atoms with van der Waals surface area (Å²) >= 11 is 1.55. The van der Waals surface area contributed by atoms with Gasteiger partial charge in [0.25, 0.3) is 0 Å². The maximum absolute atomic E-state index is 12.1. The van der Waals surface area contributed by atoms with E-state index in [-0.39, 0.29) is 11.8 Å². The predicted octanol–water partition coefficient (Wildman–Crippen LogP) is 4.12. The van der Waals surface area contributed by atoms with Gasteiger partial charge in [0.1, 0.15) is 5.75 Å². The highest BCUT2D eigenvalue weighted by Gasteiger charge is 2.13. The minimum absolute atomic E-state index is 0.0499. The van der Waals surface area contributed by atoms with Gasteiger partial charge in [-0.1, -0.05) is 19.1 Å². The number of aliphatic hydroxyl groups excluding tert-OH is 1. The molecule has 0 radical (unpaired) electrons. The molecule has 0 aliphatic rings. The molecule has 1 heterocycles. The van der Waals surface area contributed by atoms with Gasteiger partial charge in [0.05, 0.1) is 6.10 Å². The van der Waals surface area contributed by atoms with Crippen LogP contribution in [0.25, 0.3) is 0 Å². The second-order valence-corrected chi connectivity index (χ2v) is 5.67. The van der Waals surface area contributed by atoms with Gasteiger partial charge in [0.2, 0.25) is 0 Å². The zero-order valence-electron chi connectivity index (χ0n) is 12.2. The fourth-order valence-electron chi connectivity index (χ4n) is 2.22. The summed E-state index contributed by atoms with van der Waals surface area (Å²) in [6, 6.07) is 8.52. The van der Waals surface area contributed by atoms with Gasteiger partial charge in [0, 0.05) is 12.6 Å². The van der Waals surface area contributed by atoms with E-state index < -0.39 is 12.7 Å². The van der Waals surface area contributed by atoms with Crippen LogP contribution in [0.5, 0.6) is 5.75 Å². The van der Waals surface area contributed by atoms with E-state index in [0.29, 0.717) is 6.54 Å². The maximum Gasteiger partial charge on any atom is 0.387 e. The Morgan fingerprint density at radius 1 is 1.18 bits per heavy atom. The highest BCUT2D eigenvalue weighted by atomic mass is 32.1. The number of thiophene rings is 1. The van der Waals surface area contributed by atoms with Crippen molar-refractivity contribution in [1.82, 2.24) is 5.32 Å². The topological polar surface area (TPSA) is 41.5 Å². The number of alkyl halides is 2. The van der Waals surface area contributed by atoms with Gasteiger partial charge in [-0.15, -0.1) is 0 Å². The minimum atomic E-state index is -2.81. The van der Waals surface area contributed by atoms with E-state index in [4.69, 9.17) is 0 Å². The summed E-state index contributed by atoms with van der Waals surface area (Å²) in [4.78, 5) is 0. The first-order valence-electron chi connectivity index (χ1n) is 7.08. The van der Waals surface area contributed by atoms with Crippen LogP contribution >= 0.6 is 11.3 Å². The van der Waals surface area contributed by atoms with Crippen LogP contribution in [-0.4, -0.2) is 18.3 Å². The molecule has 0 fully saturated rings. The van der Waals surface area contributed by atoms with Crippen LogP contribution < -0.4 is 10.1 Å². The average Bonchev–Trinajstić information content (AvgIpc) is 3.03. The lowest BCUT2D eigenvalue weighted by Gasteiger charge is -2.20. The second kappa shape index (κ2) is 8.22. The van der Waals surface area contributed by atoms with Gasteiger partial charge in [-0.25, -0.2) is 0 Å². The molecule has 1 aromatic heterocycles. The molecule has 0 amide bonds. The van der Waals surface area contributed by atoms with E-state index in [1.165, 1.54) is 12.1 Å². The summed E-state index contributed by atoms with van der Waals surface area (Å²) in [5.74, 6) is 0.145. The number of nitrogens with one attached hydrogen (secondary N) is 1. The van der Waals surface area contributed by atoms with Crippen molar-refractivity contribution in [3.05, 3.63) is 52.2 Å². The molecule has 2 unspecified atom stereocenters. The number of rotatable bonds is 8. The van der Waals surface area contributed by atoms with Crippen molar-refractivity contribution in [2.75, 3.05) is 6.54 Å². The van der Waals surface area contributed by atoms with Crippen LogP contribution in [0.2, 0.25) is 0 Å². The Hall–Kier alpha value is -1.50. The standard InChI is InChI=1S/C16H19F2NO2S/c1-2-14(19-9-15(20)12-7-8-22-10-12)11-3-5-13(6-4-11)21-16(17)18/h3-8,10,14-16,19-20H,2,9H2,1H3. The summed E-state index contributed by atoms with van der Waals surface area (Å²) in [6.07, 6.45) is 0.271. The van der Waals surface area contributed by atoms with Crippen molar-refractivity contribution in [3.8, 4) is 5.75 Å². The van der Waals surface area contributed by atoms with Crippen LogP contribution in [0.1, 0.15) is 36.6 Å². The molecule has 0 saturated carbocycles. The first-order valence-corrected chi connectivity index (χ1v) is 8.02. The molecule has 120 valence electrons. The molecule has 6 heteroatoms. The van der Waals surface area contributed by atoms with Crippen molar-refractivity contribution >= 4 is 11.3 Å². The van der Waals surface area contributed by atoms with Crippen molar-refractivity contribution in [2.45, 2.75) is 32.1 Å². The van der Waals surface area contributed by atoms with Gasteiger partial charge >= 0.3 is 6.61 Å². The van der Waals surface area contributed by atoms with Crippen LogP contribution in [0.3, 0.4) is 0 Å². The molecule has 2 aromatic rings. The normalized spacial score (nSPS) is 14.0. The highest BCUT2D eigenvalue weighted by molar-refractivity contribution is 7.07. The minimum Gasteiger partial charge on any atom is -0.435 e. The highest BCUT2D eigenvalue weighted by Crippen LogP contribution is 2.22. The zero-order valence-corrected chi connectivity index (χ0v) is 13.0. The Bertz CT molecular complexity index is 546.